The van der Waals surface area contributed by atoms with Crippen LogP contribution < -0.4 is 0 Å². The van der Waals surface area contributed by atoms with Crippen molar-refractivity contribution >= 4 is 11.6 Å². The number of hydrogen-bond donors (Lipinski definition) is 0. The fourth-order valence-electron chi connectivity index (χ4n) is 2.08. The fraction of sp³-hybridized carbons (Fsp3) is 0.625. The lowest BCUT2D eigenvalue weighted by molar-refractivity contribution is 0.612. The smallest absolute Gasteiger partial charge is 0.0376 e. The van der Waals surface area contributed by atoms with Gasteiger partial charge < -0.3 is 0 Å². The number of unbranched alkanes of at least 4 members (excludes halogenated alkanes) is 3. The first-order valence-corrected chi connectivity index (χ1v) is 7.27. The normalized spacial score (nSPS) is 12.7. The lowest BCUT2D eigenvalue weighted by atomic mass is 10.0. The zero-order valence-corrected chi connectivity index (χ0v) is 12.2. The summed E-state index contributed by atoms with van der Waals surface area (Å²) in [6.07, 6.45) is 7.39. The van der Waals surface area contributed by atoms with E-state index in [0.29, 0.717) is 5.38 Å². The SMILES string of the molecule is CCCCCCC(Cl)Cc1ccc(C)c(C)c1. The van der Waals surface area contributed by atoms with Gasteiger partial charge in [-0.1, -0.05) is 50.8 Å². The molecule has 0 aliphatic rings. The first-order valence-electron chi connectivity index (χ1n) is 6.83. The second-order valence-electron chi connectivity index (χ2n) is 5.07. The van der Waals surface area contributed by atoms with E-state index in [1.807, 2.05) is 0 Å². The van der Waals surface area contributed by atoms with Gasteiger partial charge in [-0.3, -0.25) is 0 Å². The van der Waals surface area contributed by atoms with Crippen LogP contribution in [-0.2, 0) is 6.42 Å². The van der Waals surface area contributed by atoms with E-state index in [1.165, 1.54) is 42.4 Å². The molecular formula is C16H25Cl. The van der Waals surface area contributed by atoms with Crippen molar-refractivity contribution in [3.63, 3.8) is 0 Å². The topological polar surface area (TPSA) is 0 Å². The highest BCUT2D eigenvalue weighted by molar-refractivity contribution is 6.20. The van der Waals surface area contributed by atoms with Crippen LogP contribution in [0.1, 0.15) is 55.7 Å². The summed E-state index contributed by atoms with van der Waals surface area (Å²) in [5.74, 6) is 0. The molecule has 0 heterocycles. The molecule has 1 unspecified atom stereocenters. The standard InChI is InChI=1S/C16H25Cl/c1-4-5-6-7-8-16(17)12-15-10-9-13(2)14(3)11-15/h9-11,16H,4-8,12H2,1-3H3. The van der Waals surface area contributed by atoms with Crippen LogP contribution in [0, 0.1) is 13.8 Å². The van der Waals surface area contributed by atoms with Crippen LogP contribution >= 0.6 is 11.6 Å². The van der Waals surface area contributed by atoms with E-state index in [0.717, 1.165) is 12.8 Å². The van der Waals surface area contributed by atoms with Gasteiger partial charge in [0, 0.05) is 5.38 Å². The molecular weight excluding hydrogens is 228 g/mol. The summed E-state index contributed by atoms with van der Waals surface area (Å²) in [6.45, 7) is 6.57. The van der Waals surface area contributed by atoms with E-state index < -0.39 is 0 Å². The van der Waals surface area contributed by atoms with Gasteiger partial charge in [0.1, 0.15) is 0 Å². The molecule has 0 N–H and O–H groups in total. The molecule has 0 saturated heterocycles. The summed E-state index contributed by atoms with van der Waals surface area (Å²) in [7, 11) is 0. The molecule has 0 bridgehead atoms. The third kappa shape index (κ3) is 5.59. The van der Waals surface area contributed by atoms with Crippen molar-refractivity contribution in [1.29, 1.82) is 0 Å². The summed E-state index contributed by atoms with van der Waals surface area (Å²) in [4.78, 5) is 0. The molecule has 0 nitrogen and oxygen atoms in total. The molecule has 0 saturated carbocycles. The Hall–Kier alpha value is -0.490. The minimum atomic E-state index is 0.300. The molecule has 1 aromatic carbocycles. The maximum absolute atomic E-state index is 6.39. The molecule has 0 amide bonds. The van der Waals surface area contributed by atoms with Gasteiger partial charge in [0.25, 0.3) is 0 Å². The van der Waals surface area contributed by atoms with Crippen LogP contribution in [0.2, 0.25) is 0 Å². The van der Waals surface area contributed by atoms with Crippen molar-refractivity contribution in [3.05, 3.63) is 34.9 Å². The first-order chi connectivity index (χ1) is 8.13. The Morgan fingerprint density at radius 2 is 1.82 bits per heavy atom. The molecule has 0 spiro atoms. The first kappa shape index (κ1) is 14.6. The van der Waals surface area contributed by atoms with E-state index >= 15 is 0 Å². The molecule has 96 valence electrons. The highest BCUT2D eigenvalue weighted by Crippen LogP contribution is 2.17. The van der Waals surface area contributed by atoms with Crippen molar-refractivity contribution in [2.24, 2.45) is 0 Å². The fourth-order valence-corrected chi connectivity index (χ4v) is 2.41. The van der Waals surface area contributed by atoms with Crippen LogP contribution in [-0.4, -0.2) is 5.38 Å². The molecule has 17 heavy (non-hydrogen) atoms. The molecule has 0 radical (unpaired) electrons. The molecule has 0 aromatic heterocycles. The van der Waals surface area contributed by atoms with Gasteiger partial charge in [0.15, 0.2) is 0 Å². The Bertz CT molecular complexity index is 330. The van der Waals surface area contributed by atoms with Gasteiger partial charge in [-0.25, -0.2) is 0 Å². The zero-order valence-electron chi connectivity index (χ0n) is 11.4. The van der Waals surface area contributed by atoms with Crippen LogP contribution in [0.15, 0.2) is 18.2 Å². The van der Waals surface area contributed by atoms with E-state index in [2.05, 4.69) is 39.0 Å². The highest BCUT2D eigenvalue weighted by Gasteiger charge is 2.06. The third-order valence-electron chi connectivity index (χ3n) is 3.40. The average Bonchev–Trinajstić information content (AvgIpc) is 2.30. The number of rotatable bonds is 7. The lowest BCUT2D eigenvalue weighted by Gasteiger charge is -2.10. The van der Waals surface area contributed by atoms with E-state index in [9.17, 15) is 0 Å². The summed E-state index contributed by atoms with van der Waals surface area (Å²) in [5, 5.41) is 0.300. The molecule has 0 aliphatic heterocycles. The molecule has 0 aliphatic carbocycles. The largest absolute Gasteiger partial charge is 0.123 e. The highest BCUT2D eigenvalue weighted by atomic mass is 35.5. The average molecular weight is 253 g/mol. The van der Waals surface area contributed by atoms with Crippen molar-refractivity contribution < 1.29 is 0 Å². The van der Waals surface area contributed by atoms with Gasteiger partial charge in [0.2, 0.25) is 0 Å². The predicted molar refractivity (Wildman–Crippen MR) is 78.0 cm³/mol. The maximum atomic E-state index is 6.39. The monoisotopic (exact) mass is 252 g/mol. The van der Waals surface area contributed by atoms with Gasteiger partial charge in [0.05, 0.1) is 0 Å². The van der Waals surface area contributed by atoms with Crippen LogP contribution in [0.5, 0.6) is 0 Å². The minimum absolute atomic E-state index is 0.300. The Labute approximate surface area is 111 Å². The molecule has 1 atom stereocenters. The van der Waals surface area contributed by atoms with Crippen molar-refractivity contribution in [2.45, 2.75) is 64.7 Å². The van der Waals surface area contributed by atoms with Crippen molar-refractivity contribution in [2.75, 3.05) is 0 Å². The molecule has 1 heteroatoms. The van der Waals surface area contributed by atoms with Crippen LogP contribution in [0.3, 0.4) is 0 Å². The molecule has 1 rings (SSSR count). The quantitative estimate of drug-likeness (QED) is 0.449. The number of hydrogen-bond acceptors (Lipinski definition) is 0. The van der Waals surface area contributed by atoms with Gasteiger partial charge in [-0.15, -0.1) is 11.6 Å². The van der Waals surface area contributed by atoms with Gasteiger partial charge in [-0.2, -0.15) is 0 Å². The van der Waals surface area contributed by atoms with E-state index in [4.69, 9.17) is 11.6 Å². The van der Waals surface area contributed by atoms with Gasteiger partial charge in [-0.05, 0) is 43.4 Å². The zero-order chi connectivity index (χ0) is 12.7. The number of alkyl halides is 1. The summed E-state index contributed by atoms with van der Waals surface area (Å²) >= 11 is 6.39. The van der Waals surface area contributed by atoms with Crippen LogP contribution in [0.4, 0.5) is 0 Å². The Morgan fingerprint density at radius 3 is 2.47 bits per heavy atom. The number of aryl methyl sites for hydroxylation is 2. The molecule has 1 aromatic rings. The number of benzene rings is 1. The predicted octanol–water partition coefficient (Wildman–Crippen LogP) is 5.42. The summed E-state index contributed by atoms with van der Waals surface area (Å²) < 4.78 is 0. The summed E-state index contributed by atoms with van der Waals surface area (Å²) in [5.41, 5.74) is 4.11. The van der Waals surface area contributed by atoms with Gasteiger partial charge >= 0.3 is 0 Å². The Balaban J connectivity index is 2.34. The van der Waals surface area contributed by atoms with E-state index in [1.54, 1.807) is 0 Å². The Kier molecular flexibility index (Phi) is 6.65. The third-order valence-corrected chi connectivity index (χ3v) is 3.77. The van der Waals surface area contributed by atoms with Crippen molar-refractivity contribution in [3.8, 4) is 0 Å². The molecule has 0 fully saturated rings. The lowest BCUT2D eigenvalue weighted by Crippen LogP contribution is -2.03. The summed E-state index contributed by atoms with van der Waals surface area (Å²) in [6, 6.07) is 6.69. The number of halogens is 1. The Morgan fingerprint density at radius 1 is 1.06 bits per heavy atom. The van der Waals surface area contributed by atoms with Crippen LogP contribution in [0.25, 0.3) is 0 Å². The second kappa shape index (κ2) is 7.76. The van der Waals surface area contributed by atoms with Crippen molar-refractivity contribution in [1.82, 2.24) is 0 Å². The maximum Gasteiger partial charge on any atom is 0.0376 e. The van der Waals surface area contributed by atoms with E-state index in [-0.39, 0.29) is 0 Å². The minimum Gasteiger partial charge on any atom is -0.123 e. The second-order valence-corrected chi connectivity index (χ2v) is 5.69.